The number of ketones is 1. The lowest BCUT2D eigenvalue weighted by Crippen LogP contribution is -2.47. The number of benzene rings is 1. The van der Waals surface area contributed by atoms with Gasteiger partial charge in [-0.2, -0.15) is 0 Å². The second-order valence-corrected chi connectivity index (χ2v) is 8.51. The van der Waals surface area contributed by atoms with Crippen molar-refractivity contribution >= 4 is 16.8 Å². The Balaban J connectivity index is 1.55. The summed E-state index contributed by atoms with van der Waals surface area (Å²) in [5, 5.41) is 0.878. The number of Topliss-reactive ketones (excluding diaryl/α,β-unsaturated/α-hetero) is 1. The fraction of sp³-hybridized carbons (Fsp3) is 0.478. The zero-order chi connectivity index (χ0) is 19.2. The molecule has 4 nitrogen and oxygen atoms in total. The van der Waals surface area contributed by atoms with Crippen LogP contribution >= 0.6 is 0 Å². The normalized spacial score (nSPS) is 27.1. The quantitative estimate of drug-likeness (QED) is 0.580. The molecule has 0 N–H and O–H groups in total. The van der Waals surface area contributed by atoms with Gasteiger partial charge in [0.1, 0.15) is 17.1 Å². The number of ether oxygens (including phenoxy) is 1. The van der Waals surface area contributed by atoms with Crippen molar-refractivity contribution in [3.8, 4) is 5.75 Å². The van der Waals surface area contributed by atoms with E-state index in [2.05, 4.69) is 26.8 Å². The lowest BCUT2D eigenvalue weighted by molar-refractivity contribution is -0.136. The average molecular weight is 366 g/mol. The van der Waals surface area contributed by atoms with Crippen molar-refractivity contribution in [1.82, 2.24) is 0 Å². The van der Waals surface area contributed by atoms with Gasteiger partial charge in [-0.05, 0) is 49.8 Å². The largest absolute Gasteiger partial charge is 0.493 e. The number of hydrogen-bond donors (Lipinski definition) is 0. The van der Waals surface area contributed by atoms with Gasteiger partial charge in [-0.3, -0.25) is 4.79 Å². The van der Waals surface area contributed by atoms with Gasteiger partial charge in [0.25, 0.3) is 0 Å². The Morgan fingerprint density at radius 3 is 2.78 bits per heavy atom. The van der Waals surface area contributed by atoms with E-state index in [1.807, 2.05) is 12.1 Å². The second kappa shape index (κ2) is 6.66. The summed E-state index contributed by atoms with van der Waals surface area (Å²) >= 11 is 0. The molecule has 142 valence electrons. The highest BCUT2D eigenvalue weighted by atomic mass is 16.5. The van der Waals surface area contributed by atoms with Gasteiger partial charge in [-0.1, -0.05) is 25.5 Å². The summed E-state index contributed by atoms with van der Waals surface area (Å²) in [6.07, 6.45) is 4.87. The molecular weight excluding hydrogens is 340 g/mol. The molecule has 1 aromatic carbocycles. The van der Waals surface area contributed by atoms with Crippen molar-refractivity contribution in [3.05, 3.63) is 52.4 Å². The Kier molecular flexibility index (Phi) is 4.45. The molecule has 1 fully saturated rings. The summed E-state index contributed by atoms with van der Waals surface area (Å²) in [6, 6.07) is 8.78. The van der Waals surface area contributed by atoms with Crippen LogP contribution in [0.1, 0.15) is 40.0 Å². The minimum atomic E-state index is -0.359. The lowest BCUT2D eigenvalue weighted by atomic mass is 9.56. The highest BCUT2D eigenvalue weighted by Gasteiger charge is 2.48. The molecule has 0 amide bonds. The molecule has 1 heterocycles. The van der Waals surface area contributed by atoms with E-state index in [1.165, 1.54) is 11.6 Å². The molecule has 2 aliphatic carbocycles. The zero-order valence-electron chi connectivity index (χ0n) is 16.2. The van der Waals surface area contributed by atoms with Crippen LogP contribution in [-0.2, 0) is 4.79 Å². The van der Waals surface area contributed by atoms with E-state index in [4.69, 9.17) is 9.15 Å². The summed E-state index contributed by atoms with van der Waals surface area (Å²) in [4.78, 5) is 23.8. The average Bonchev–Trinajstić information content (AvgIpc) is 2.63. The minimum absolute atomic E-state index is 0.259. The van der Waals surface area contributed by atoms with Gasteiger partial charge in [0.05, 0.1) is 6.61 Å². The molecule has 2 aliphatic rings. The van der Waals surface area contributed by atoms with Crippen molar-refractivity contribution in [3.63, 3.8) is 0 Å². The van der Waals surface area contributed by atoms with Gasteiger partial charge in [0, 0.05) is 35.3 Å². The summed E-state index contributed by atoms with van der Waals surface area (Å²) in [7, 11) is 0. The maximum atomic E-state index is 12.4. The van der Waals surface area contributed by atoms with E-state index in [-0.39, 0.29) is 11.0 Å². The molecule has 27 heavy (non-hydrogen) atoms. The van der Waals surface area contributed by atoms with E-state index >= 15 is 0 Å². The first-order valence-corrected chi connectivity index (χ1v) is 9.73. The van der Waals surface area contributed by atoms with E-state index in [0.29, 0.717) is 47.9 Å². The Hall–Kier alpha value is -2.36. The van der Waals surface area contributed by atoms with Crippen LogP contribution in [0.2, 0.25) is 0 Å². The van der Waals surface area contributed by atoms with Crippen LogP contribution in [0.3, 0.4) is 0 Å². The van der Waals surface area contributed by atoms with Crippen LogP contribution in [0.25, 0.3) is 11.0 Å². The van der Waals surface area contributed by atoms with Gasteiger partial charge in [-0.15, -0.1) is 0 Å². The zero-order valence-corrected chi connectivity index (χ0v) is 16.2. The Morgan fingerprint density at radius 2 is 1.96 bits per heavy atom. The van der Waals surface area contributed by atoms with E-state index < -0.39 is 0 Å². The smallest absolute Gasteiger partial charge is 0.336 e. The first kappa shape index (κ1) is 18.0. The topological polar surface area (TPSA) is 56.5 Å². The standard InChI is InChI=1S/C23H26O4/c1-14-4-9-19-17(8-10-21(24)23(19,2)3)18(14)13-26-16-7-5-15-6-11-22(25)27-20(15)12-16/h4-7,11-12,17-19H,8-10,13H2,1-3H3. The molecular formula is C23H26O4. The van der Waals surface area contributed by atoms with Gasteiger partial charge >= 0.3 is 5.63 Å². The molecule has 4 heteroatoms. The van der Waals surface area contributed by atoms with Crippen LogP contribution < -0.4 is 10.4 Å². The molecule has 3 unspecified atom stereocenters. The molecule has 0 saturated heterocycles. The van der Waals surface area contributed by atoms with Crippen molar-refractivity contribution in [2.24, 2.45) is 23.2 Å². The van der Waals surface area contributed by atoms with Crippen molar-refractivity contribution < 1.29 is 13.9 Å². The fourth-order valence-electron chi connectivity index (χ4n) is 4.89. The van der Waals surface area contributed by atoms with Crippen LogP contribution in [0.15, 0.2) is 51.2 Å². The maximum Gasteiger partial charge on any atom is 0.336 e. The Morgan fingerprint density at radius 1 is 1.19 bits per heavy atom. The van der Waals surface area contributed by atoms with Crippen molar-refractivity contribution in [1.29, 1.82) is 0 Å². The van der Waals surface area contributed by atoms with Crippen molar-refractivity contribution in [2.45, 2.75) is 40.0 Å². The second-order valence-electron chi connectivity index (χ2n) is 8.51. The summed E-state index contributed by atoms with van der Waals surface area (Å²) < 4.78 is 11.4. The number of rotatable bonds is 3. The molecule has 2 aromatic rings. The molecule has 0 bridgehead atoms. The molecule has 3 atom stereocenters. The van der Waals surface area contributed by atoms with Gasteiger partial charge < -0.3 is 9.15 Å². The van der Waals surface area contributed by atoms with E-state index in [9.17, 15) is 9.59 Å². The molecule has 0 aliphatic heterocycles. The van der Waals surface area contributed by atoms with Crippen LogP contribution in [0, 0.1) is 23.2 Å². The highest BCUT2D eigenvalue weighted by molar-refractivity contribution is 5.85. The number of hydrogen-bond acceptors (Lipinski definition) is 4. The van der Waals surface area contributed by atoms with Gasteiger partial charge in [0.15, 0.2) is 0 Å². The van der Waals surface area contributed by atoms with Gasteiger partial charge in [0.2, 0.25) is 0 Å². The predicted octanol–water partition coefficient (Wildman–Crippen LogP) is 4.76. The van der Waals surface area contributed by atoms with E-state index in [1.54, 1.807) is 12.1 Å². The minimum Gasteiger partial charge on any atom is -0.493 e. The molecule has 0 spiro atoms. The first-order chi connectivity index (χ1) is 12.9. The van der Waals surface area contributed by atoms with Crippen LogP contribution in [0.5, 0.6) is 5.75 Å². The lowest BCUT2D eigenvalue weighted by Gasteiger charge is -2.48. The van der Waals surface area contributed by atoms with Crippen LogP contribution in [0.4, 0.5) is 0 Å². The van der Waals surface area contributed by atoms with E-state index in [0.717, 1.165) is 18.2 Å². The first-order valence-electron chi connectivity index (χ1n) is 9.73. The third kappa shape index (κ3) is 3.22. The molecule has 1 saturated carbocycles. The fourth-order valence-corrected chi connectivity index (χ4v) is 4.89. The summed E-state index contributed by atoms with van der Waals surface area (Å²) in [6.45, 7) is 6.96. The number of fused-ring (bicyclic) bond motifs is 2. The SMILES string of the molecule is CC1=CCC2C(CCC(=O)C2(C)C)C1COc1ccc2ccc(=O)oc2c1. The Labute approximate surface area is 159 Å². The number of carbonyl (C=O) groups excluding carboxylic acids is 1. The third-order valence-electron chi connectivity index (χ3n) is 6.69. The number of allylic oxidation sites excluding steroid dienone is 1. The predicted molar refractivity (Wildman–Crippen MR) is 105 cm³/mol. The van der Waals surface area contributed by atoms with Crippen LogP contribution in [-0.4, -0.2) is 12.4 Å². The number of carbonyl (C=O) groups is 1. The summed E-state index contributed by atoms with van der Waals surface area (Å²) in [5.74, 6) is 2.26. The summed E-state index contributed by atoms with van der Waals surface area (Å²) in [5.41, 5.74) is 1.28. The molecule has 0 radical (unpaired) electrons. The molecule has 1 aromatic heterocycles. The van der Waals surface area contributed by atoms with Gasteiger partial charge in [-0.25, -0.2) is 4.79 Å². The maximum absolute atomic E-state index is 12.4. The monoisotopic (exact) mass is 366 g/mol. The Bertz CT molecular complexity index is 966. The molecule has 4 rings (SSSR count). The highest BCUT2D eigenvalue weighted by Crippen LogP contribution is 2.50. The third-order valence-corrected chi connectivity index (χ3v) is 6.69. The van der Waals surface area contributed by atoms with Crippen molar-refractivity contribution in [2.75, 3.05) is 6.61 Å².